The number of phenolic OH excluding ortho intramolecular Hbond substituents is 1. The highest BCUT2D eigenvalue weighted by molar-refractivity contribution is 5.81. The van der Waals surface area contributed by atoms with E-state index in [2.05, 4.69) is 20.2 Å². The predicted octanol–water partition coefficient (Wildman–Crippen LogP) is 5.66. The number of azo groups is 1. The number of nitrogens with one attached hydrogen (secondary N) is 1. The molecule has 0 aliphatic heterocycles. The Morgan fingerprint density at radius 1 is 0.880 bits per heavy atom. The molecule has 5 nitrogen and oxygen atoms in total. The second-order valence-corrected chi connectivity index (χ2v) is 5.84. The number of aryl methyl sites for hydroxylation is 1. The molecule has 0 saturated carbocycles. The Labute approximate surface area is 144 Å². The molecule has 0 aliphatic carbocycles. The average molecular weight is 328 g/mol. The van der Waals surface area contributed by atoms with Crippen LogP contribution < -0.4 is 0 Å². The van der Waals surface area contributed by atoms with E-state index >= 15 is 0 Å². The van der Waals surface area contributed by atoms with Crippen molar-refractivity contribution in [2.75, 3.05) is 0 Å². The maximum absolute atomic E-state index is 10.2. The van der Waals surface area contributed by atoms with Gasteiger partial charge in [-0.2, -0.15) is 10.2 Å². The third-order valence-electron chi connectivity index (χ3n) is 3.91. The number of para-hydroxylation sites is 2. The molecule has 0 bridgehead atoms. The van der Waals surface area contributed by atoms with Gasteiger partial charge in [0.2, 0.25) is 0 Å². The summed E-state index contributed by atoms with van der Waals surface area (Å²) in [5.74, 6) is 0.750. The van der Waals surface area contributed by atoms with Crippen LogP contribution in [0.2, 0.25) is 0 Å². The van der Waals surface area contributed by atoms with Gasteiger partial charge in [0.1, 0.15) is 11.6 Å². The number of aromatic nitrogens is 2. The summed E-state index contributed by atoms with van der Waals surface area (Å²) in [6.07, 6.45) is 0. The SMILES string of the molecule is Cc1cccc(N=Nc2ccc(O)c(-c3nc4ccccc4[nH]3)c2)c1. The minimum Gasteiger partial charge on any atom is -0.507 e. The van der Waals surface area contributed by atoms with Crippen LogP contribution in [0.1, 0.15) is 5.56 Å². The van der Waals surface area contributed by atoms with Crippen LogP contribution >= 0.6 is 0 Å². The minimum absolute atomic E-state index is 0.147. The van der Waals surface area contributed by atoms with Crippen molar-refractivity contribution in [1.29, 1.82) is 0 Å². The molecule has 4 aromatic rings. The summed E-state index contributed by atoms with van der Waals surface area (Å²) in [6, 6.07) is 20.7. The van der Waals surface area contributed by atoms with Gasteiger partial charge in [-0.05, 0) is 55.0 Å². The van der Waals surface area contributed by atoms with E-state index in [0.717, 1.165) is 22.3 Å². The number of H-pyrrole nitrogens is 1. The summed E-state index contributed by atoms with van der Waals surface area (Å²) in [7, 11) is 0. The van der Waals surface area contributed by atoms with Crippen LogP contribution in [-0.4, -0.2) is 15.1 Å². The first-order valence-corrected chi connectivity index (χ1v) is 7.95. The molecule has 2 N–H and O–H groups in total. The van der Waals surface area contributed by atoms with Gasteiger partial charge in [0.15, 0.2) is 0 Å². The maximum Gasteiger partial charge on any atom is 0.142 e. The van der Waals surface area contributed by atoms with Gasteiger partial charge in [-0.15, -0.1) is 0 Å². The van der Waals surface area contributed by atoms with Gasteiger partial charge < -0.3 is 10.1 Å². The number of rotatable bonds is 3. The fraction of sp³-hybridized carbons (Fsp3) is 0.0500. The summed E-state index contributed by atoms with van der Waals surface area (Å²) in [4.78, 5) is 7.74. The largest absolute Gasteiger partial charge is 0.507 e. The number of benzene rings is 3. The molecule has 25 heavy (non-hydrogen) atoms. The van der Waals surface area contributed by atoms with Crippen molar-refractivity contribution in [2.45, 2.75) is 6.92 Å². The lowest BCUT2D eigenvalue weighted by Gasteiger charge is -2.02. The standard InChI is InChI=1S/C20H16N4O/c1-13-5-4-6-14(11-13)23-24-15-9-10-19(25)16(12-15)20-21-17-7-2-3-8-18(17)22-20/h2-12,25H,1H3,(H,21,22). The summed E-state index contributed by atoms with van der Waals surface area (Å²) in [6.45, 7) is 2.01. The predicted molar refractivity (Wildman–Crippen MR) is 98.5 cm³/mol. The van der Waals surface area contributed by atoms with E-state index in [4.69, 9.17) is 0 Å². The third-order valence-corrected chi connectivity index (χ3v) is 3.91. The molecule has 0 aliphatic rings. The van der Waals surface area contributed by atoms with Gasteiger partial charge in [0.25, 0.3) is 0 Å². The molecule has 0 spiro atoms. The van der Waals surface area contributed by atoms with E-state index in [1.54, 1.807) is 18.2 Å². The first-order valence-electron chi connectivity index (χ1n) is 7.95. The molecular weight excluding hydrogens is 312 g/mol. The Balaban J connectivity index is 1.71. The van der Waals surface area contributed by atoms with Crippen molar-refractivity contribution >= 4 is 22.4 Å². The summed E-state index contributed by atoms with van der Waals surface area (Å²) < 4.78 is 0. The number of fused-ring (bicyclic) bond motifs is 1. The number of nitrogens with zero attached hydrogens (tertiary/aromatic N) is 3. The Hall–Kier alpha value is -3.47. The van der Waals surface area contributed by atoms with Crippen LogP contribution in [0.4, 0.5) is 11.4 Å². The number of phenols is 1. The number of aromatic hydroxyl groups is 1. The van der Waals surface area contributed by atoms with Gasteiger partial charge in [0, 0.05) is 0 Å². The fourth-order valence-corrected chi connectivity index (χ4v) is 2.66. The smallest absolute Gasteiger partial charge is 0.142 e. The van der Waals surface area contributed by atoms with E-state index in [1.807, 2.05) is 55.5 Å². The number of imidazole rings is 1. The van der Waals surface area contributed by atoms with Gasteiger partial charge in [-0.3, -0.25) is 0 Å². The van der Waals surface area contributed by atoms with Crippen LogP contribution in [0, 0.1) is 6.92 Å². The first-order chi connectivity index (χ1) is 12.2. The molecule has 0 saturated heterocycles. The monoisotopic (exact) mass is 328 g/mol. The Bertz CT molecular complexity index is 1050. The van der Waals surface area contributed by atoms with E-state index in [-0.39, 0.29) is 5.75 Å². The van der Waals surface area contributed by atoms with Crippen LogP contribution in [-0.2, 0) is 0 Å². The quantitative estimate of drug-likeness (QED) is 0.476. The summed E-state index contributed by atoms with van der Waals surface area (Å²) in [5, 5.41) is 18.7. The molecule has 5 heteroatoms. The van der Waals surface area contributed by atoms with E-state index in [9.17, 15) is 5.11 Å². The summed E-state index contributed by atoms with van der Waals surface area (Å²) >= 11 is 0. The van der Waals surface area contributed by atoms with E-state index < -0.39 is 0 Å². The zero-order valence-electron chi connectivity index (χ0n) is 13.6. The van der Waals surface area contributed by atoms with Crippen molar-refractivity contribution in [3.8, 4) is 17.1 Å². The molecule has 4 rings (SSSR count). The molecule has 0 unspecified atom stereocenters. The van der Waals surface area contributed by atoms with Gasteiger partial charge in [0.05, 0.1) is 28.0 Å². The van der Waals surface area contributed by atoms with Crippen molar-refractivity contribution in [1.82, 2.24) is 9.97 Å². The zero-order chi connectivity index (χ0) is 17.2. The maximum atomic E-state index is 10.2. The molecule has 0 amide bonds. The molecule has 0 fully saturated rings. The molecule has 122 valence electrons. The topological polar surface area (TPSA) is 73.6 Å². The normalized spacial score (nSPS) is 11.4. The average Bonchev–Trinajstić information content (AvgIpc) is 3.05. The number of hydrogen-bond acceptors (Lipinski definition) is 4. The fourth-order valence-electron chi connectivity index (χ4n) is 2.66. The van der Waals surface area contributed by atoms with E-state index in [0.29, 0.717) is 17.1 Å². The number of aromatic amines is 1. The molecular formula is C20H16N4O. The second-order valence-electron chi connectivity index (χ2n) is 5.84. The lowest BCUT2D eigenvalue weighted by atomic mass is 10.1. The zero-order valence-corrected chi connectivity index (χ0v) is 13.6. The molecule has 0 radical (unpaired) electrons. The third kappa shape index (κ3) is 3.12. The lowest BCUT2D eigenvalue weighted by molar-refractivity contribution is 0.477. The van der Waals surface area contributed by atoms with Crippen LogP contribution in [0.25, 0.3) is 22.4 Å². The highest BCUT2D eigenvalue weighted by atomic mass is 16.3. The molecule has 3 aromatic carbocycles. The van der Waals surface area contributed by atoms with Crippen LogP contribution in [0.3, 0.4) is 0 Å². The highest BCUT2D eigenvalue weighted by Gasteiger charge is 2.10. The Morgan fingerprint density at radius 3 is 2.48 bits per heavy atom. The van der Waals surface area contributed by atoms with Gasteiger partial charge in [-0.25, -0.2) is 4.98 Å². The Morgan fingerprint density at radius 2 is 1.68 bits per heavy atom. The van der Waals surface area contributed by atoms with Crippen molar-refractivity contribution < 1.29 is 5.11 Å². The van der Waals surface area contributed by atoms with Crippen molar-refractivity contribution in [3.63, 3.8) is 0 Å². The van der Waals surface area contributed by atoms with E-state index in [1.165, 1.54) is 0 Å². The van der Waals surface area contributed by atoms with Gasteiger partial charge >= 0.3 is 0 Å². The van der Waals surface area contributed by atoms with Gasteiger partial charge in [-0.1, -0.05) is 24.3 Å². The highest BCUT2D eigenvalue weighted by Crippen LogP contribution is 2.32. The second kappa shape index (κ2) is 6.20. The van der Waals surface area contributed by atoms with Crippen molar-refractivity contribution in [2.24, 2.45) is 10.2 Å². The summed E-state index contributed by atoms with van der Waals surface area (Å²) in [5.41, 5.74) is 4.93. The minimum atomic E-state index is 0.147. The molecule has 1 heterocycles. The van der Waals surface area contributed by atoms with Crippen LogP contribution in [0.5, 0.6) is 5.75 Å². The Kier molecular flexibility index (Phi) is 3.74. The van der Waals surface area contributed by atoms with Crippen LogP contribution in [0.15, 0.2) is 77.0 Å². The lowest BCUT2D eigenvalue weighted by Crippen LogP contribution is -1.81. The van der Waals surface area contributed by atoms with Crippen molar-refractivity contribution in [3.05, 3.63) is 72.3 Å². The first kappa shape index (κ1) is 15.1. The molecule has 0 atom stereocenters. The number of hydrogen-bond donors (Lipinski definition) is 2. The molecule has 1 aromatic heterocycles.